The molecule has 2 aliphatic rings. The van der Waals surface area contributed by atoms with Crippen LogP contribution in [0.4, 0.5) is 10.2 Å². The van der Waals surface area contributed by atoms with E-state index in [1.54, 1.807) is 4.90 Å². The normalized spacial score (nSPS) is 21.8. The zero-order chi connectivity index (χ0) is 25.9. The van der Waals surface area contributed by atoms with Crippen LogP contribution in [-0.4, -0.2) is 69.8 Å². The molecular formula is C23H25FN6O5S. The summed E-state index contributed by atoms with van der Waals surface area (Å²) >= 11 is 0. The standard InChI is InChI=1S/C23H25FN6O5S/c1-36(34,35)20-19(12-6-13-3-4-14(7-12)29(13)18(32)10-31)28-23-16(9-27-30(23)21(20)25)11-2-5-15(22(26)33)17(24)8-11/h2,5,8-9,12-14,31H,3-4,6-7,10,25H2,1H3,(H2,26,33)/t12-,13+,14-. The van der Waals surface area contributed by atoms with Crippen LogP contribution in [0.15, 0.2) is 29.3 Å². The largest absolute Gasteiger partial charge is 0.387 e. The van der Waals surface area contributed by atoms with Crippen molar-refractivity contribution >= 4 is 33.1 Å². The Morgan fingerprint density at radius 2 is 1.89 bits per heavy atom. The van der Waals surface area contributed by atoms with Gasteiger partial charge in [0.2, 0.25) is 5.91 Å². The van der Waals surface area contributed by atoms with Gasteiger partial charge in [0.1, 0.15) is 23.1 Å². The van der Waals surface area contributed by atoms with Crippen molar-refractivity contribution in [3.05, 3.63) is 41.5 Å². The smallest absolute Gasteiger partial charge is 0.251 e. The number of nitrogens with zero attached hydrogens (tertiary/aromatic N) is 4. The molecule has 13 heteroatoms. The minimum absolute atomic E-state index is 0.112. The number of fused-ring (bicyclic) bond motifs is 3. The lowest BCUT2D eigenvalue weighted by atomic mass is 9.87. The third-order valence-corrected chi connectivity index (χ3v) is 8.28. The number of anilines is 1. The summed E-state index contributed by atoms with van der Waals surface area (Å²) in [6, 6.07) is 3.62. The lowest BCUT2D eigenvalue weighted by Crippen LogP contribution is -2.47. The SMILES string of the molecule is CS(=O)(=O)c1c([C@H]2C[C@H]3CC[C@@H](C2)N3C(=O)CO)nc2c(-c3ccc(C(N)=O)c(F)c3)cnn2c1N. The molecule has 4 heterocycles. The quantitative estimate of drug-likeness (QED) is 0.447. The summed E-state index contributed by atoms with van der Waals surface area (Å²) in [5, 5.41) is 13.6. The molecule has 2 fully saturated rings. The summed E-state index contributed by atoms with van der Waals surface area (Å²) in [6.45, 7) is -0.576. The van der Waals surface area contributed by atoms with Crippen molar-refractivity contribution < 1.29 is 27.5 Å². The van der Waals surface area contributed by atoms with Gasteiger partial charge < -0.3 is 21.5 Å². The van der Waals surface area contributed by atoms with Gasteiger partial charge in [-0.3, -0.25) is 9.59 Å². The third kappa shape index (κ3) is 3.78. The number of benzene rings is 1. The van der Waals surface area contributed by atoms with Crippen LogP contribution >= 0.6 is 0 Å². The average molecular weight is 517 g/mol. The Morgan fingerprint density at radius 3 is 2.44 bits per heavy atom. The van der Waals surface area contributed by atoms with Gasteiger partial charge >= 0.3 is 0 Å². The first-order valence-corrected chi connectivity index (χ1v) is 13.3. The Balaban J connectivity index is 1.65. The molecule has 0 saturated carbocycles. The average Bonchev–Trinajstić information content (AvgIpc) is 3.35. The van der Waals surface area contributed by atoms with E-state index in [0.717, 1.165) is 25.2 Å². The number of aromatic nitrogens is 3. The van der Waals surface area contributed by atoms with E-state index >= 15 is 0 Å². The summed E-state index contributed by atoms with van der Waals surface area (Å²) in [7, 11) is -3.81. The highest BCUT2D eigenvalue weighted by molar-refractivity contribution is 7.91. The predicted molar refractivity (Wildman–Crippen MR) is 127 cm³/mol. The molecule has 5 rings (SSSR count). The number of carbonyl (C=O) groups is 2. The van der Waals surface area contributed by atoms with Crippen molar-refractivity contribution in [1.82, 2.24) is 19.5 Å². The maximum Gasteiger partial charge on any atom is 0.251 e. The van der Waals surface area contributed by atoms with Crippen molar-refractivity contribution in [2.45, 2.75) is 48.6 Å². The molecule has 2 amide bonds. The number of aliphatic hydroxyl groups is 1. The molecule has 0 radical (unpaired) electrons. The fourth-order valence-corrected chi connectivity index (χ4v) is 6.71. The van der Waals surface area contributed by atoms with Crippen LogP contribution in [0.3, 0.4) is 0 Å². The molecule has 0 aliphatic carbocycles. The maximum absolute atomic E-state index is 14.5. The number of aliphatic hydroxyl groups excluding tert-OH is 1. The van der Waals surface area contributed by atoms with E-state index in [-0.39, 0.29) is 51.5 Å². The van der Waals surface area contributed by atoms with E-state index in [2.05, 4.69) is 5.10 Å². The van der Waals surface area contributed by atoms with E-state index in [0.29, 0.717) is 24.0 Å². The zero-order valence-corrected chi connectivity index (χ0v) is 20.2. The monoisotopic (exact) mass is 516 g/mol. The van der Waals surface area contributed by atoms with Gasteiger partial charge in [0, 0.05) is 29.8 Å². The molecule has 190 valence electrons. The van der Waals surface area contributed by atoms with Crippen LogP contribution in [0.25, 0.3) is 16.8 Å². The van der Waals surface area contributed by atoms with Gasteiger partial charge in [0.15, 0.2) is 15.5 Å². The first-order chi connectivity index (χ1) is 17.0. The fourth-order valence-electron chi connectivity index (χ4n) is 5.65. The van der Waals surface area contributed by atoms with Crippen molar-refractivity contribution in [3.8, 4) is 11.1 Å². The second-order valence-electron chi connectivity index (χ2n) is 9.35. The van der Waals surface area contributed by atoms with Crippen molar-refractivity contribution in [3.63, 3.8) is 0 Å². The van der Waals surface area contributed by atoms with Crippen LogP contribution in [-0.2, 0) is 14.6 Å². The Labute approximate surface area is 205 Å². The first kappa shape index (κ1) is 24.1. The molecule has 2 saturated heterocycles. The molecule has 36 heavy (non-hydrogen) atoms. The minimum atomic E-state index is -3.81. The molecule has 11 nitrogen and oxygen atoms in total. The highest BCUT2D eigenvalue weighted by Gasteiger charge is 2.45. The number of hydrogen-bond donors (Lipinski definition) is 3. The number of nitrogen functional groups attached to an aromatic ring is 1. The molecule has 3 aromatic rings. The zero-order valence-electron chi connectivity index (χ0n) is 19.4. The van der Waals surface area contributed by atoms with Crippen LogP contribution in [0, 0.1) is 5.82 Å². The van der Waals surface area contributed by atoms with Gasteiger partial charge in [-0.25, -0.2) is 17.8 Å². The predicted octanol–water partition coefficient (Wildman–Crippen LogP) is 0.849. The molecule has 0 spiro atoms. The summed E-state index contributed by atoms with van der Waals surface area (Å²) in [5.74, 6) is -2.47. The topological polar surface area (TPSA) is 174 Å². The third-order valence-electron chi connectivity index (χ3n) is 7.12. The number of hydrogen-bond acceptors (Lipinski definition) is 8. The number of rotatable bonds is 5. The number of amides is 2. The number of piperidine rings is 1. The Bertz CT molecular complexity index is 1510. The molecular weight excluding hydrogens is 491 g/mol. The van der Waals surface area contributed by atoms with Crippen molar-refractivity contribution in [2.75, 3.05) is 18.6 Å². The molecule has 2 aromatic heterocycles. The van der Waals surface area contributed by atoms with Gasteiger partial charge in [-0.05, 0) is 43.4 Å². The maximum atomic E-state index is 14.5. The number of carbonyl (C=O) groups excluding carboxylic acids is 2. The Morgan fingerprint density at radius 1 is 1.22 bits per heavy atom. The first-order valence-electron chi connectivity index (χ1n) is 11.4. The van der Waals surface area contributed by atoms with Crippen molar-refractivity contribution in [1.29, 1.82) is 0 Å². The molecule has 2 aliphatic heterocycles. The van der Waals surface area contributed by atoms with Crippen LogP contribution in [0.1, 0.15) is 47.7 Å². The summed E-state index contributed by atoms with van der Waals surface area (Å²) in [6.07, 6.45) is 4.90. The number of halogens is 1. The van der Waals surface area contributed by atoms with Gasteiger partial charge in [0.25, 0.3) is 5.91 Å². The number of nitrogens with two attached hydrogens (primary N) is 2. The van der Waals surface area contributed by atoms with Gasteiger partial charge in [-0.15, -0.1) is 0 Å². The lowest BCUT2D eigenvalue weighted by molar-refractivity contribution is -0.138. The van der Waals surface area contributed by atoms with E-state index < -0.39 is 28.2 Å². The molecule has 3 atom stereocenters. The van der Waals surface area contributed by atoms with Gasteiger partial charge in [-0.2, -0.15) is 9.61 Å². The van der Waals surface area contributed by atoms with E-state index in [4.69, 9.17) is 16.5 Å². The minimum Gasteiger partial charge on any atom is -0.387 e. The van der Waals surface area contributed by atoms with Gasteiger partial charge in [0.05, 0.1) is 17.5 Å². The summed E-state index contributed by atoms with van der Waals surface area (Å²) in [4.78, 5) is 30.0. The Kier molecular flexibility index (Phi) is 5.71. The van der Waals surface area contributed by atoms with E-state index in [1.165, 1.54) is 22.8 Å². The number of sulfone groups is 1. The molecule has 0 unspecified atom stereocenters. The lowest BCUT2D eigenvalue weighted by Gasteiger charge is -2.39. The van der Waals surface area contributed by atoms with E-state index in [9.17, 15) is 27.5 Å². The van der Waals surface area contributed by atoms with Crippen LogP contribution in [0.5, 0.6) is 0 Å². The second kappa shape index (κ2) is 8.52. The Hall–Kier alpha value is -3.58. The fraction of sp³-hybridized carbons (Fsp3) is 0.391. The molecule has 5 N–H and O–H groups in total. The summed E-state index contributed by atoms with van der Waals surface area (Å²) < 4.78 is 41.3. The summed E-state index contributed by atoms with van der Waals surface area (Å²) in [5.41, 5.74) is 12.5. The molecule has 2 bridgehead atoms. The van der Waals surface area contributed by atoms with Crippen LogP contribution < -0.4 is 11.5 Å². The highest BCUT2D eigenvalue weighted by atomic mass is 32.2. The van der Waals surface area contributed by atoms with Crippen LogP contribution in [0.2, 0.25) is 0 Å². The van der Waals surface area contributed by atoms with Gasteiger partial charge in [-0.1, -0.05) is 6.07 Å². The number of primary amides is 1. The van der Waals surface area contributed by atoms with Crippen molar-refractivity contribution in [2.24, 2.45) is 5.73 Å². The highest BCUT2D eigenvalue weighted by Crippen LogP contribution is 2.45. The molecule has 1 aromatic carbocycles. The second-order valence-corrected chi connectivity index (χ2v) is 11.3. The van der Waals surface area contributed by atoms with E-state index in [1.807, 2.05) is 0 Å².